The van der Waals surface area contributed by atoms with Gasteiger partial charge in [0, 0.05) is 42.5 Å². The lowest BCUT2D eigenvalue weighted by molar-refractivity contribution is 0.166. The molecule has 4 aromatic rings. The van der Waals surface area contributed by atoms with Crippen molar-refractivity contribution < 1.29 is 17.9 Å². The molecule has 2 aromatic heterocycles. The predicted molar refractivity (Wildman–Crippen MR) is 162 cm³/mol. The van der Waals surface area contributed by atoms with E-state index < -0.39 is 17.8 Å². The van der Waals surface area contributed by atoms with Gasteiger partial charge in [0.05, 0.1) is 17.6 Å². The van der Waals surface area contributed by atoms with Crippen LogP contribution in [-0.2, 0) is 0 Å². The van der Waals surface area contributed by atoms with E-state index in [0.29, 0.717) is 47.2 Å². The van der Waals surface area contributed by atoms with Crippen LogP contribution in [0, 0.1) is 29.9 Å². The number of nitrogens with two attached hydrogens (primary N) is 1. The number of hydrogen-bond acceptors (Lipinski definition) is 8. The molecule has 0 saturated carbocycles. The van der Waals surface area contributed by atoms with Gasteiger partial charge in [-0.1, -0.05) is 18.4 Å². The molecule has 4 N–H and O–H groups in total. The third kappa shape index (κ3) is 6.03. The number of benzene rings is 2. The van der Waals surface area contributed by atoms with Crippen molar-refractivity contribution in [3.8, 4) is 29.6 Å². The first-order chi connectivity index (χ1) is 20.9. The van der Waals surface area contributed by atoms with E-state index in [0.717, 1.165) is 45.2 Å². The molecule has 0 aliphatic carbocycles. The van der Waals surface area contributed by atoms with Gasteiger partial charge in [0.2, 0.25) is 0 Å². The molecule has 2 aliphatic heterocycles. The molecule has 8 nitrogen and oxygen atoms in total. The van der Waals surface area contributed by atoms with Crippen LogP contribution in [0.4, 0.5) is 24.7 Å². The van der Waals surface area contributed by atoms with Gasteiger partial charge < -0.3 is 15.8 Å². The minimum absolute atomic E-state index is 0.00414. The Hall–Kier alpha value is -4.14. The Kier molecular flexibility index (Phi) is 8.49. The highest BCUT2D eigenvalue weighted by molar-refractivity contribution is 6.03. The van der Waals surface area contributed by atoms with E-state index in [1.165, 1.54) is 18.3 Å². The van der Waals surface area contributed by atoms with Gasteiger partial charge in [-0.3, -0.25) is 9.99 Å². The lowest BCUT2D eigenvalue weighted by atomic mass is 9.95. The topological polar surface area (TPSA) is 101 Å². The van der Waals surface area contributed by atoms with Crippen LogP contribution in [0.2, 0.25) is 0 Å². The zero-order chi connectivity index (χ0) is 29.9. The summed E-state index contributed by atoms with van der Waals surface area (Å²) >= 11 is 0. The third-order valence-electron chi connectivity index (χ3n) is 8.12. The Morgan fingerprint density at radius 2 is 2.00 bits per heavy atom. The van der Waals surface area contributed by atoms with Crippen LogP contribution in [0.15, 0.2) is 30.5 Å². The van der Waals surface area contributed by atoms with Crippen LogP contribution < -0.4 is 26.2 Å². The highest BCUT2D eigenvalue weighted by Gasteiger charge is 2.25. The summed E-state index contributed by atoms with van der Waals surface area (Å²) in [5, 5.41) is 6.28. The SMILES string of the molecule is C#Cc1c(F)ccc2cc(N)cc(-c3ncc4c(N5CCCCCN5)nc(OC[C@@H]5CCCNC[C@H](F)C5)nc4c3F)c12. The Labute approximate surface area is 248 Å². The smallest absolute Gasteiger partial charge is 0.319 e. The predicted octanol–water partition coefficient (Wildman–Crippen LogP) is 5.29. The highest BCUT2D eigenvalue weighted by Crippen LogP contribution is 2.38. The van der Waals surface area contributed by atoms with Gasteiger partial charge in [0.1, 0.15) is 23.2 Å². The standard InChI is InChI=1S/C32H34F3N7O/c1-2-23-26(34)9-8-20-14-22(36)15-24(27(20)23)29-28(35)30-25(17-38-29)31(42-12-5-3-4-11-39-42)41-32(40-30)43-18-19-7-6-10-37-16-21(33)13-19/h1,8-9,14-15,17,19,21,37,39H,3-7,10-13,16,18,36H2/t19-,21-/m1/s1. The summed E-state index contributed by atoms with van der Waals surface area (Å²) in [5.74, 6) is 1.48. The molecule has 224 valence electrons. The number of anilines is 2. The number of ether oxygens (including phenoxy) is 1. The first-order valence-corrected chi connectivity index (χ1v) is 14.8. The van der Waals surface area contributed by atoms with Gasteiger partial charge in [-0.25, -0.2) is 18.6 Å². The molecule has 2 atom stereocenters. The van der Waals surface area contributed by atoms with Gasteiger partial charge in [-0.2, -0.15) is 9.97 Å². The summed E-state index contributed by atoms with van der Waals surface area (Å²) in [6, 6.07) is 6.00. The maximum Gasteiger partial charge on any atom is 0.319 e. The summed E-state index contributed by atoms with van der Waals surface area (Å²) in [7, 11) is 0. The molecule has 0 radical (unpaired) electrons. The van der Waals surface area contributed by atoms with Crippen molar-refractivity contribution in [2.45, 2.75) is 44.7 Å². The molecule has 0 spiro atoms. The lowest BCUT2D eigenvalue weighted by Crippen LogP contribution is -2.38. The molecular weight excluding hydrogens is 555 g/mol. The number of nitrogens with one attached hydrogen (secondary N) is 2. The van der Waals surface area contributed by atoms with E-state index in [9.17, 15) is 8.78 Å². The van der Waals surface area contributed by atoms with Crippen molar-refractivity contribution in [2.24, 2.45) is 5.92 Å². The number of pyridine rings is 1. The van der Waals surface area contributed by atoms with Crippen molar-refractivity contribution in [2.75, 3.05) is 43.5 Å². The molecule has 0 bridgehead atoms. The van der Waals surface area contributed by atoms with E-state index in [4.69, 9.17) is 16.9 Å². The fourth-order valence-electron chi connectivity index (χ4n) is 6.00. The van der Waals surface area contributed by atoms with Crippen molar-refractivity contribution in [3.05, 3.63) is 47.7 Å². The molecule has 43 heavy (non-hydrogen) atoms. The van der Waals surface area contributed by atoms with Crippen LogP contribution in [-0.4, -0.2) is 53.9 Å². The van der Waals surface area contributed by atoms with Crippen molar-refractivity contribution in [3.63, 3.8) is 0 Å². The summed E-state index contributed by atoms with van der Waals surface area (Å²) < 4.78 is 51.8. The molecular formula is C32H34F3N7O. The van der Waals surface area contributed by atoms with Gasteiger partial charge in [0.15, 0.2) is 11.6 Å². The number of nitrogens with zero attached hydrogens (tertiary/aromatic N) is 4. The van der Waals surface area contributed by atoms with Gasteiger partial charge in [0.25, 0.3) is 0 Å². The molecule has 2 saturated heterocycles. The second-order valence-corrected chi connectivity index (χ2v) is 11.2. The van der Waals surface area contributed by atoms with E-state index in [-0.39, 0.29) is 40.9 Å². The number of hydrazine groups is 1. The molecule has 2 aliphatic rings. The number of halogens is 3. The van der Waals surface area contributed by atoms with E-state index in [2.05, 4.69) is 31.6 Å². The zero-order valence-corrected chi connectivity index (χ0v) is 23.8. The fraction of sp³-hybridized carbons (Fsp3) is 0.406. The number of alkyl halides is 1. The Bertz CT molecular complexity index is 1680. The summed E-state index contributed by atoms with van der Waals surface area (Å²) in [6.07, 6.45) is 11.2. The van der Waals surface area contributed by atoms with Gasteiger partial charge in [-0.15, -0.1) is 6.42 Å². The maximum absolute atomic E-state index is 16.6. The number of nitrogen functional groups attached to an aromatic ring is 1. The minimum atomic E-state index is -0.972. The first kappa shape index (κ1) is 29.0. The highest BCUT2D eigenvalue weighted by atomic mass is 19.1. The number of rotatable bonds is 5. The van der Waals surface area contributed by atoms with E-state index >= 15 is 4.39 Å². The Morgan fingerprint density at radius 3 is 2.86 bits per heavy atom. The normalized spacial score (nSPS) is 19.9. The maximum atomic E-state index is 16.6. The van der Waals surface area contributed by atoms with Crippen LogP contribution in [0.1, 0.15) is 44.1 Å². The third-order valence-corrected chi connectivity index (χ3v) is 8.12. The van der Waals surface area contributed by atoms with Crippen molar-refractivity contribution in [1.29, 1.82) is 0 Å². The number of hydrogen-bond donors (Lipinski definition) is 3. The number of fused-ring (bicyclic) bond motifs is 2. The Morgan fingerprint density at radius 1 is 1.12 bits per heavy atom. The average Bonchev–Trinajstić information content (AvgIpc) is 3.28. The molecule has 6 rings (SSSR count). The second-order valence-electron chi connectivity index (χ2n) is 11.2. The first-order valence-electron chi connectivity index (χ1n) is 14.8. The lowest BCUT2D eigenvalue weighted by Gasteiger charge is -2.25. The van der Waals surface area contributed by atoms with E-state index in [1.54, 1.807) is 12.1 Å². The molecule has 4 heterocycles. The quantitative estimate of drug-likeness (QED) is 0.213. The second kappa shape index (κ2) is 12.6. The summed E-state index contributed by atoms with van der Waals surface area (Å²) in [5.41, 5.74) is 10.1. The molecule has 0 unspecified atom stereocenters. The molecule has 0 amide bonds. The van der Waals surface area contributed by atoms with Crippen molar-refractivity contribution >= 4 is 33.2 Å². The number of aromatic nitrogens is 3. The summed E-state index contributed by atoms with van der Waals surface area (Å²) in [6.45, 7) is 2.67. The average molecular weight is 590 g/mol. The van der Waals surface area contributed by atoms with Crippen LogP contribution in [0.25, 0.3) is 32.9 Å². The van der Waals surface area contributed by atoms with Gasteiger partial charge in [-0.05, 0) is 68.2 Å². The van der Waals surface area contributed by atoms with Gasteiger partial charge >= 0.3 is 6.01 Å². The van der Waals surface area contributed by atoms with E-state index in [1.807, 2.05) is 5.01 Å². The monoisotopic (exact) mass is 589 g/mol. The number of terminal acetylenes is 1. The largest absolute Gasteiger partial charge is 0.463 e. The zero-order valence-electron chi connectivity index (χ0n) is 23.8. The Balaban J connectivity index is 1.47. The van der Waals surface area contributed by atoms with Crippen molar-refractivity contribution in [1.82, 2.24) is 25.7 Å². The summed E-state index contributed by atoms with van der Waals surface area (Å²) in [4.78, 5) is 13.7. The molecule has 2 fully saturated rings. The fourth-order valence-corrected chi connectivity index (χ4v) is 6.00. The minimum Gasteiger partial charge on any atom is -0.463 e. The molecule has 2 aromatic carbocycles. The van der Waals surface area contributed by atoms with Crippen LogP contribution in [0.3, 0.4) is 0 Å². The molecule has 11 heteroatoms. The van der Waals surface area contributed by atoms with Crippen LogP contribution in [0.5, 0.6) is 6.01 Å². The van der Waals surface area contributed by atoms with Crippen LogP contribution >= 0.6 is 0 Å².